The maximum absolute atomic E-state index is 12.9. The van der Waals surface area contributed by atoms with Crippen LogP contribution < -0.4 is 11.1 Å². The quantitative estimate of drug-likeness (QED) is 0.738. The number of halogens is 1. The molecule has 16 heavy (non-hydrogen) atoms. The predicted octanol–water partition coefficient (Wildman–Crippen LogP) is 0.416. The molecule has 0 aliphatic rings. The zero-order valence-corrected chi connectivity index (χ0v) is 9.07. The minimum absolute atomic E-state index is 0.199. The fourth-order valence-electron chi connectivity index (χ4n) is 1.30. The first kappa shape index (κ1) is 12.6. The maximum Gasteiger partial charge on any atom is 0.236 e. The summed E-state index contributed by atoms with van der Waals surface area (Å²) in [6.45, 7) is 0.569. The number of primary amides is 1. The van der Waals surface area contributed by atoms with E-state index in [1.807, 2.05) is 0 Å². The number of carbonyl (C=O) groups excluding carboxylic acids is 1. The second kappa shape index (κ2) is 6.19. The molecule has 0 aliphatic carbocycles. The van der Waals surface area contributed by atoms with Gasteiger partial charge in [0.1, 0.15) is 11.9 Å². The minimum atomic E-state index is -0.562. The second-order valence-corrected chi connectivity index (χ2v) is 3.42. The molecule has 5 heteroatoms. The third-order valence-electron chi connectivity index (χ3n) is 2.12. The zero-order valence-electron chi connectivity index (χ0n) is 9.07. The lowest BCUT2D eigenvalue weighted by atomic mass is 10.2. The van der Waals surface area contributed by atoms with E-state index in [0.717, 1.165) is 5.56 Å². The van der Waals surface area contributed by atoms with Crippen LogP contribution in [0.3, 0.4) is 0 Å². The van der Waals surface area contributed by atoms with E-state index in [2.05, 4.69) is 5.32 Å². The largest absolute Gasteiger partial charge is 0.383 e. The average molecular weight is 226 g/mol. The monoisotopic (exact) mass is 226 g/mol. The Bertz CT molecular complexity index is 358. The van der Waals surface area contributed by atoms with Crippen molar-refractivity contribution in [3.63, 3.8) is 0 Å². The number of methoxy groups -OCH3 is 1. The van der Waals surface area contributed by atoms with Gasteiger partial charge < -0.3 is 10.5 Å². The van der Waals surface area contributed by atoms with Crippen LogP contribution in [0.15, 0.2) is 24.3 Å². The fraction of sp³-hybridized carbons (Fsp3) is 0.364. The summed E-state index contributed by atoms with van der Waals surface area (Å²) in [7, 11) is 1.49. The van der Waals surface area contributed by atoms with Gasteiger partial charge in [0.2, 0.25) is 5.91 Å². The average Bonchev–Trinajstić information content (AvgIpc) is 2.24. The molecular weight excluding hydrogens is 211 g/mol. The highest BCUT2D eigenvalue weighted by molar-refractivity contribution is 5.79. The number of benzene rings is 1. The van der Waals surface area contributed by atoms with Crippen LogP contribution in [0.25, 0.3) is 0 Å². The molecule has 1 aromatic carbocycles. The molecule has 1 atom stereocenters. The summed E-state index contributed by atoms with van der Waals surface area (Å²) >= 11 is 0. The standard InChI is InChI=1S/C11H15FN2O2/c1-16-7-10(11(13)15)14-6-8-3-2-4-9(12)5-8/h2-5,10,14H,6-7H2,1H3,(H2,13,15). The third-order valence-corrected chi connectivity index (χ3v) is 2.12. The fourth-order valence-corrected chi connectivity index (χ4v) is 1.30. The number of nitrogens with two attached hydrogens (primary N) is 1. The number of amides is 1. The van der Waals surface area contributed by atoms with Crippen molar-refractivity contribution in [1.29, 1.82) is 0 Å². The predicted molar refractivity (Wildman–Crippen MR) is 58.1 cm³/mol. The second-order valence-electron chi connectivity index (χ2n) is 3.42. The van der Waals surface area contributed by atoms with Gasteiger partial charge >= 0.3 is 0 Å². The van der Waals surface area contributed by atoms with Crippen molar-refractivity contribution < 1.29 is 13.9 Å². The van der Waals surface area contributed by atoms with E-state index in [-0.39, 0.29) is 12.4 Å². The van der Waals surface area contributed by atoms with Gasteiger partial charge in [-0.3, -0.25) is 10.1 Å². The normalized spacial score (nSPS) is 12.4. The molecule has 4 nitrogen and oxygen atoms in total. The van der Waals surface area contributed by atoms with Gasteiger partial charge in [-0.25, -0.2) is 4.39 Å². The van der Waals surface area contributed by atoms with Crippen LogP contribution in [0, 0.1) is 5.82 Å². The number of rotatable bonds is 6. The van der Waals surface area contributed by atoms with Crippen molar-refractivity contribution in [3.8, 4) is 0 Å². The molecule has 0 radical (unpaired) electrons. The SMILES string of the molecule is COCC(NCc1cccc(F)c1)C(N)=O. The summed E-state index contributed by atoms with van der Waals surface area (Å²) in [5.74, 6) is -0.792. The smallest absolute Gasteiger partial charge is 0.236 e. The van der Waals surface area contributed by atoms with Crippen LogP contribution in [0.4, 0.5) is 4.39 Å². The highest BCUT2D eigenvalue weighted by atomic mass is 19.1. The van der Waals surface area contributed by atoms with E-state index in [1.54, 1.807) is 12.1 Å². The molecule has 3 N–H and O–H groups in total. The molecule has 1 aromatic rings. The number of hydrogen-bond acceptors (Lipinski definition) is 3. The van der Waals surface area contributed by atoms with E-state index in [1.165, 1.54) is 19.2 Å². The first-order valence-corrected chi connectivity index (χ1v) is 4.89. The Morgan fingerprint density at radius 3 is 2.94 bits per heavy atom. The molecule has 0 aromatic heterocycles. The van der Waals surface area contributed by atoms with E-state index in [9.17, 15) is 9.18 Å². The molecule has 0 fully saturated rings. The van der Waals surface area contributed by atoms with Crippen molar-refractivity contribution in [2.24, 2.45) is 5.73 Å². The van der Waals surface area contributed by atoms with Gasteiger partial charge in [0.25, 0.3) is 0 Å². The highest BCUT2D eigenvalue weighted by Crippen LogP contribution is 2.03. The third kappa shape index (κ3) is 3.96. The van der Waals surface area contributed by atoms with Gasteiger partial charge in [0, 0.05) is 13.7 Å². The molecule has 0 spiro atoms. The Morgan fingerprint density at radius 1 is 1.62 bits per heavy atom. The van der Waals surface area contributed by atoms with Crippen molar-refractivity contribution in [2.75, 3.05) is 13.7 Å². The van der Waals surface area contributed by atoms with Gasteiger partial charge in [0.05, 0.1) is 6.61 Å². The van der Waals surface area contributed by atoms with E-state index >= 15 is 0 Å². The van der Waals surface area contributed by atoms with Gasteiger partial charge in [0.15, 0.2) is 0 Å². The zero-order chi connectivity index (χ0) is 12.0. The molecule has 1 amide bonds. The Labute approximate surface area is 93.6 Å². The van der Waals surface area contributed by atoms with E-state index < -0.39 is 11.9 Å². The summed E-state index contributed by atoms with van der Waals surface area (Å²) in [4.78, 5) is 11.0. The first-order valence-electron chi connectivity index (χ1n) is 4.89. The Morgan fingerprint density at radius 2 is 2.38 bits per heavy atom. The lowest BCUT2D eigenvalue weighted by molar-refractivity contribution is -0.121. The van der Waals surface area contributed by atoms with E-state index in [4.69, 9.17) is 10.5 Å². The van der Waals surface area contributed by atoms with Crippen LogP contribution in [0.1, 0.15) is 5.56 Å². The summed E-state index contributed by atoms with van der Waals surface area (Å²) in [5.41, 5.74) is 5.91. The first-order chi connectivity index (χ1) is 7.63. The van der Waals surface area contributed by atoms with Crippen molar-refractivity contribution >= 4 is 5.91 Å². The van der Waals surface area contributed by atoms with Gasteiger partial charge in [-0.15, -0.1) is 0 Å². The number of hydrogen-bond donors (Lipinski definition) is 2. The van der Waals surface area contributed by atoms with Crippen LogP contribution in [-0.2, 0) is 16.1 Å². The number of carbonyl (C=O) groups is 1. The van der Waals surface area contributed by atoms with Crippen LogP contribution in [-0.4, -0.2) is 25.7 Å². The van der Waals surface area contributed by atoms with Crippen LogP contribution in [0.2, 0.25) is 0 Å². The van der Waals surface area contributed by atoms with E-state index in [0.29, 0.717) is 6.54 Å². The number of ether oxygens (including phenoxy) is 1. The van der Waals surface area contributed by atoms with Gasteiger partial charge in [-0.05, 0) is 17.7 Å². The minimum Gasteiger partial charge on any atom is -0.383 e. The Kier molecular flexibility index (Phi) is 4.88. The topological polar surface area (TPSA) is 64.3 Å². The van der Waals surface area contributed by atoms with Crippen LogP contribution in [0.5, 0.6) is 0 Å². The highest BCUT2D eigenvalue weighted by Gasteiger charge is 2.13. The summed E-state index contributed by atoms with van der Waals surface area (Å²) in [6, 6.07) is 5.58. The summed E-state index contributed by atoms with van der Waals surface area (Å²) in [5, 5.41) is 2.90. The Balaban J connectivity index is 2.51. The summed E-state index contributed by atoms with van der Waals surface area (Å²) in [6.07, 6.45) is 0. The van der Waals surface area contributed by atoms with Crippen molar-refractivity contribution in [2.45, 2.75) is 12.6 Å². The van der Waals surface area contributed by atoms with Crippen molar-refractivity contribution in [1.82, 2.24) is 5.32 Å². The number of nitrogens with one attached hydrogen (secondary N) is 1. The molecule has 0 aliphatic heterocycles. The maximum atomic E-state index is 12.9. The molecule has 0 bridgehead atoms. The molecular formula is C11H15FN2O2. The summed E-state index contributed by atoms with van der Waals surface area (Å²) < 4.78 is 17.7. The Hall–Kier alpha value is -1.46. The van der Waals surface area contributed by atoms with Gasteiger partial charge in [-0.1, -0.05) is 12.1 Å². The molecule has 0 saturated heterocycles. The molecule has 0 heterocycles. The lowest BCUT2D eigenvalue weighted by Gasteiger charge is -2.14. The molecule has 1 rings (SSSR count). The molecule has 1 unspecified atom stereocenters. The van der Waals surface area contributed by atoms with Gasteiger partial charge in [-0.2, -0.15) is 0 Å². The van der Waals surface area contributed by atoms with Crippen molar-refractivity contribution in [3.05, 3.63) is 35.6 Å². The molecule has 0 saturated carbocycles. The molecule has 88 valence electrons. The lowest BCUT2D eigenvalue weighted by Crippen LogP contribution is -2.44. The van der Waals surface area contributed by atoms with Crippen LogP contribution >= 0.6 is 0 Å².